The Kier molecular flexibility index (Phi) is 4.12. The van der Waals surface area contributed by atoms with Gasteiger partial charge in [0, 0.05) is 29.6 Å². The predicted molar refractivity (Wildman–Crippen MR) is 68.1 cm³/mol. The molecule has 2 nitrogen and oxygen atoms in total. The summed E-state index contributed by atoms with van der Waals surface area (Å²) in [6.07, 6.45) is 3.46. The van der Waals surface area contributed by atoms with Gasteiger partial charge in [0.2, 0.25) is 0 Å². The van der Waals surface area contributed by atoms with Crippen molar-refractivity contribution in [1.82, 2.24) is 4.98 Å². The number of rotatable bonds is 4. The van der Waals surface area contributed by atoms with Crippen LogP contribution in [-0.4, -0.2) is 4.98 Å². The molecule has 0 radical (unpaired) electrons. The summed E-state index contributed by atoms with van der Waals surface area (Å²) < 4.78 is 13.5. The number of nitrogens with zero attached hydrogens (tertiary/aromatic N) is 1. The van der Waals surface area contributed by atoms with E-state index in [1.165, 1.54) is 6.07 Å². The highest BCUT2D eigenvalue weighted by molar-refractivity contribution is 7.98. The number of thioether (sulfide) groups is 1. The SMILES string of the molecule is NCc1ccc(F)c(CSc2ccncc2)c1. The lowest BCUT2D eigenvalue weighted by atomic mass is 10.1. The first-order valence-corrected chi connectivity index (χ1v) is 6.28. The van der Waals surface area contributed by atoms with Gasteiger partial charge in [-0.3, -0.25) is 4.98 Å². The largest absolute Gasteiger partial charge is 0.326 e. The molecule has 0 aliphatic rings. The first-order valence-electron chi connectivity index (χ1n) is 5.30. The Bertz CT molecular complexity index is 488. The van der Waals surface area contributed by atoms with E-state index in [0.717, 1.165) is 10.5 Å². The highest BCUT2D eigenvalue weighted by atomic mass is 32.2. The molecule has 4 heteroatoms. The van der Waals surface area contributed by atoms with E-state index in [4.69, 9.17) is 5.73 Å². The lowest BCUT2D eigenvalue weighted by Crippen LogP contribution is -1.98. The van der Waals surface area contributed by atoms with Crippen molar-refractivity contribution < 1.29 is 4.39 Å². The van der Waals surface area contributed by atoms with Crippen molar-refractivity contribution in [2.45, 2.75) is 17.2 Å². The third-order valence-electron chi connectivity index (χ3n) is 2.39. The van der Waals surface area contributed by atoms with E-state index in [0.29, 0.717) is 17.9 Å². The Labute approximate surface area is 104 Å². The molecule has 0 unspecified atom stereocenters. The molecule has 0 aliphatic heterocycles. The number of hydrogen-bond acceptors (Lipinski definition) is 3. The fourth-order valence-corrected chi connectivity index (χ4v) is 2.32. The predicted octanol–water partition coefficient (Wildman–Crippen LogP) is 2.97. The molecule has 0 saturated carbocycles. The molecular weight excluding hydrogens is 235 g/mol. The fourth-order valence-electron chi connectivity index (χ4n) is 1.46. The Morgan fingerprint density at radius 1 is 1.18 bits per heavy atom. The first-order chi connectivity index (χ1) is 8.29. The molecular formula is C13H13FN2S. The fraction of sp³-hybridized carbons (Fsp3) is 0.154. The van der Waals surface area contributed by atoms with E-state index in [2.05, 4.69) is 4.98 Å². The van der Waals surface area contributed by atoms with Gasteiger partial charge in [0.05, 0.1) is 0 Å². The standard InChI is InChI=1S/C13H13FN2S/c14-13-2-1-10(8-15)7-11(13)9-17-12-3-5-16-6-4-12/h1-7H,8-9,15H2. The number of aromatic nitrogens is 1. The molecule has 0 bridgehead atoms. The third kappa shape index (κ3) is 3.28. The van der Waals surface area contributed by atoms with Crippen LogP contribution in [0.3, 0.4) is 0 Å². The minimum absolute atomic E-state index is 0.177. The van der Waals surface area contributed by atoms with Gasteiger partial charge < -0.3 is 5.73 Å². The number of benzene rings is 1. The Morgan fingerprint density at radius 2 is 1.94 bits per heavy atom. The van der Waals surface area contributed by atoms with Gasteiger partial charge >= 0.3 is 0 Å². The van der Waals surface area contributed by atoms with Crippen molar-refractivity contribution in [2.24, 2.45) is 5.73 Å². The van der Waals surface area contributed by atoms with Crippen molar-refractivity contribution in [2.75, 3.05) is 0 Å². The second-order valence-electron chi connectivity index (χ2n) is 3.60. The zero-order valence-electron chi connectivity index (χ0n) is 9.27. The van der Waals surface area contributed by atoms with Crippen LogP contribution in [0.25, 0.3) is 0 Å². The Morgan fingerprint density at radius 3 is 2.65 bits per heavy atom. The van der Waals surface area contributed by atoms with Crippen molar-refractivity contribution in [3.8, 4) is 0 Å². The van der Waals surface area contributed by atoms with Crippen LogP contribution < -0.4 is 5.73 Å². The van der Waals surface area contributed by atoms with Crippen molar-refractivity contribution >= 4 is 11.8 Å². The average molecular weight is 248 g/mol. The monoisotopic (exact) mass is 248 g/mol. The maximum absolute atomic E-state index is 13.5. The van der Waals surface area contributed by atoms with Crippen LogP contribution in [0.4, 0.5) is 4.39 Å². The minimum Gasteiger partial charge on any atom is -0.326 e. The average Bonchev–Trinajstić information content (AvgIpc) is 2.39. The quantitative estimate of drug-likeness (QED) is 0.845. The number of nitrogens with two attached hydrogens (primary N) is 1. The zero-order valence-corrected chi connectivity index (χ0v) is 10.1. The molecule has 2 N–H and O–H groups in total. The van der Waals surface area contributed by atoms with Crippen LogP contribution in [0, 0.1) is 5.82 Å². The summed E-state index contributed by atoms with van der Waals surface area (Å²) in [5.74, 6) is 0.424. The summed E-state index contributed by atoms with van der Waals surface area (Å²) in [6, 6.07) is 8.84. The van der Waals surface area contributed by atoms with Gasteiger partial charge in [0.25, 0.3) is 0 Å². The molecule has 88 valence electrons. The highest BCUT2D eigenvalue weighted by Gasteiger charge is 2.04. The summed E-state index contributed by atoms with van der Waals surface area (Å²) in [5.41, 5.74) is 7.18. The molecule has 1 aromatic carbocycles. The van der Waals surface area contributed by atoms with Gasteiger partial charge in [0.1, 0.15) is 5.82 Å². The maximum atomic E-state index is 13.5. The van der Waals surface area contributed by atoms with E-state index >= 15 is 0 Å². The lowest BCUT2D eigenvalue weighted by Gasteiger charge is -2.05. The first kappa shape index (κ1) is 12.1. The van der Waals surface area contributed by atoms with E-state index in [1.54, 1.807) is 30.2 Å². The number of halogens is 1. The minimum atomic E-state index is -0.177. The van der Waals surface area contributed by atoms with E-state index in [1.807, 2.05) is 18.2 Å². The molecule has 0 spiro atoms. The number of pyridine rings is 1. The molecule has 2 aromatic rings. The summed E-state index contributed by atoms with van der Waals surface area (Å²) in [7, 11) is 0. The van der Waals surface area contributed by atoms with Gasteiger partial charge in [-0.05, 0) is 29.3 Å². The van der Waals surface area contributed by atoms with Gasteiger partial charge in [-0.25, -0.2) is 4.39 Å². The normalized spacial score (nSPS) is 10.5. The summed E-state index contributed by atoms with van der Waals surface area (Å²) >= 11 is 1.59. The third-order valence-corrected chi connectivity index (χ3v) is 3.45. The molecule has 1 aromatic heterocycles. The number of hydrogen-bond donors (Lipinski definition) is 1. The van der Waals surface area contributed by atoms with Gasteiger partial charge in [-0.1, -0.05) is 12.1 Å². The van der Waals surface area contributed by atoms with Gasteiger partial charge in [-0.2, -0.15) is 0 Å². The molecule has 2 rings (SSSR count). The zero-order chi connectivity index (χ0) is 12.1. The second kappa shape index (κ2) is 5.80. The Hall–Kier alpha value is -1.39. The van der Waals surface area contributed by atoms with Crippen molar-refractivity contribution in [1.29, 1.82) is 0 Å². The molecule has 0 amide bonds. The van der Waals surface area contributed by atoms with Crippen molar-refractivity contribution in [3.63, 3.8) is 0 Å². The molecule has 17 heavy (non-hydrogen) atoms. The van der Waals surface area contributed by atoms with Crippen LogP contribution >= 0.6 is 11.8 Å². The summed E-state index contributed by atoms with van der Waals surface area (Å²) in [6.45, 7) is 0.438. The maximum Gasteiger partial charge on any atom is 0.127 e. The summed E-state index contributed by atoms with van der Waals surface area (Å²) in [4.78, 5) is 5.02. The van der Waals surface area contributed by atoms with Crippen LogP contribution in [0.15, 0.2) is 47.6 Å². The van der Waals surface area contributed by atoms with Crippen LogP contribution in [0.1, 0.15) is 11.1 Å². The van der Waals surface area contributed by atoms with Crippen LogP contribution in [-0.2, 0) is 12.3 Å². The van der Waals surface area contributed by atoms with E-state index in [-0.39, 0.29) is 5.82 Å². The lowest BCUT2D eigenvalue weighted by molar-refractivity contribution is 0.616. The topological polar surface area (TPSA) is 38.9 Å². The van der Waals surface area contributed by atoms with E-state index in [9.17, 15) is 4.39 Å². The highest BCUT2D eigenvalue weighted by Crippen LogP contribution is 2.23. The van der Waals surface area contributed by atoms with E-state index < -0.39 is 0 Å². The van der Waals surface area contributed by atoms with Gasteiger partial charge in [-0.15, -0.1) is 11.8 Å². The molecule has 0 atom stereocenters. The molecule has 1 heterocycles. The Balaban J connectivity index is 2.08. The van der Waals surface area contributed by atoms with Crippen LogP contribution in [0.5, 0.6) is 0 Å². The van der Waals surface area contributed by atoms with Crippen LogP contribution in [0.2, 0.25) is 0 Å². The second-order valence-corrected chi connectivity index (χ2v) is 4.65. The molecule has 0 saturated heterocycles. The molecule has 0 aliphatic carbocycles. The summed E-state index contributed by atoms with van der Waals surface area (Å²) in [5, 5.41) is 0. The van der Waals surface area contributed by atoms with Gasteiger partial charge in [0.15, 0.2) is 0 Å². The van der Waals surface area contributed by atoms with Crippen molar-refractivity contribution in [3.05, 3.63) is 59.7 Å². The smallest absolute Gasteiger partial charge is 0.127 e. The molecule has 0 fully saturated rings.